The highest BCUT2D eigenvalue weighted by molar-refractivity contribution is 7.92. The minimum atomic E-state index is -4.11. The van der Waals surface area contributed by atoms with E-state index in [-0.39, 0.29) is 27.1 Å². The van der Waals surface area contributed by atoms with E-state index in [1.807, 2.05) is 0 Å². The van der Waals surface area contributed by atoms with Crippen LogP contribution in [0.3, 0.4) is 0 Å². The number of hydrogen-bond acceptors (Lipinski definition) is 6. The fourth-order valence-corrected chi connectivity index (χ4v) is 6.43. The maximum Gasteiger partial charge on any atom is 0.262 e. The van der Waals surface area contributed by atoms with Gasteiger partial charge < -0.3 is 10.1 Å². The summed E-state index contributed by atoms with van der Waals surface area (Å²) in [6.07, 6.45) is 2.56. The lowest BCUT2D eigenvalue weighted by Gasteiger charge is -2.26. The van der Waals surface area contributed by atoms with Gasteiger partial charge in [-0.25, -0.2) is 16.8 Å². The molecule has 2 aromatic rings. The van der Waals surface area contributed by atoms with Gasteiger partial charge in [-0.1, -0.05) is 12.5 Å². The molecule has 1 aliphatic rings. The van der Waals surface area contributed by atoms with Gasteiger partial charge in [0.15, 0.2) is 0 Å². The second kappa shape index (κ2) is 9.47. The normalized spacial score (nSPS) is 15.2. The number of piperidine rings is 1. The van der Waals surface area contributed by atoms with E-state index in [1.165, 1.54) is 42.6 Å². The number of sulfonamides is 2. The van der Waals surface area contributed by atoms with E-state index in [0.717, 1.165) is 19.3 Å². The molecule has 11 heteroatoms. The van der Waals surface area contributed by atoms with Gasteiger partial charge in [0.25, 0.3) is 10.0 Å². The van der Waals surface area contributed by atoms with E-state index < -0.39 is 20.0 Å². The molecule has 9 nitrogen and oxygen atoms in total. The van der Waals surface area contributed by atoms with Crippen molar-refractivity contribution in [3.8, 4) is 5.75 Å². The number of carbonyl (C=O) groups excluding carboxylic acids is 1. The summed E-state index contributed by atoms with van der Waals surface area (Å²) >= 11 is 0. The highest BCUT2D eigenvalue weighted by Crippen LogP contribution is 2.32. The van der Waals surface area contributed by atoms with Crippen molar-refractivity contribution in [1.29, 1.82) is 0 Å². The fraction of sp³-hybridized carbons (Fsp3) is 0.381. The summed E-state index contributed by atoms with van der Waals surface area (Å²) in [5, 5.41) is 2.56. The van der Waals surface area contributed by atoms with Gasteiger partial charge >= 0.3 is 0 Å². The number of rotatable bonds is 7. The number of amides is 1. The van der Waals surface area contributed by atoms with Crippen molar-refractivity contribution in [2.75, 3.05) is 30.2 Å². The number of ether oxygens (including phenoxy) is 1. The van der Waals surface area contributed by atoms with E-state index >= 15 is 0 Å². The number of nitrogens with one attached hydrogen (secondary N) is 2. The van der Waals surface area contributed by atoms with Crippen LogP contribution in [0.25, 0.3) is 0 Å². The summed E-state index contributed by atoms with van der Waals surface area (Å²) in [4.78, 5) is 11.3. The quantitative estimate of drug-likeness (QED) is 0.627. The Hall–Kier alpha value is -2.63. The molecule has 2 aromatic carbocycles. The average molecular weight is 482 g/mol. The third-order valence-electron chi connectivity index (χ3n) is 5.17. The number of anilines is 2. The van der Waals surface area contributed by atoms with Crippen LogP contribution < -0.4 is 14.8 Å². The van der Waals surface area contributed by atoms with Crippen molar-refractivity contribution in [2.45, 2.75) is 42.9 Å². The molecule has 32 heavy (non-hydrogen) atoms. The Morgan fingerprint density at radius 1 is 1.00 bits per heavy atom. The molecule has 1 aliphatic heterocycles. The lowest BCUT2D eigenvalue weighted by atomic mass is 10.2. The monoisotopic (exact) mass is 481 g/mol. The van der Waals surface area contributed by atoms with Crippen LogP contribution in [-0.4, -0.2) is 47.2 Å². The number of methoxy groups -OCH3 is 1. The van der Waals surface area contributed by atoms with Gasteiger partial charge in [-0.2, -0.15) is 4.31 Å². The van der Waals surface area contributed by atoms with Crippen LogP contribution in [0, 0.1) is 6.92 Å². The van der Waals surface area contributed by atoms with Gasteiger partial charge in [-0.3, -0.25) is 9.52 Å². The standard InChI is InChI=1S/C21H27N3O6S2/c1-15-7-8-17(22-16(2)25)13-21(15)31(26,27)23-19-14-18(9-10-20(19)30-3)32(28,29)24-11-5-4-6-12-24/h7-10,13-14,23H,4-6,11-12H2,1-3H3,(H,22,25). The average Bonchev–Trinajstić information content (AvgIpc) is 2.75. The number of aryl methyl sites for hydroxylation is 1. The van der Waals surface area contributed by atoms with Crippen LogP contribution in [0.5, 0.6) is 5.75 Å². The van der Waals surface area contributed by atoms with E-state index in [2.05, 4.69) is 10.0 Å². The zero-order valence-corrected chi connectivity index (χ0v) is 19.8. The first-order valence-corrected chi connectivity index (χ1v) is 13.1. The van der Waals surface area contributed by atoms with Crippen molar-refractivity contribution in [3.05, 3.63) is 42.0 Å². The van der Waals surface area contributed by atoms with Crippen LogP contribution in [0.1, 0.15) is 31.7 Å². The predicted octanol–water partition coefficient (Wildman–Crippen LogP) is 2.94. The molecule has 1 amide bonds. The first-order chi connectivity index (χ1) is 15.0. The number of hydrogen-bond donors (Lipinski definition) is 2. The molecule has 0 spiro atoms. The summed E-state index contributed by atoms with van der Waals surface area (Å²) < 4.78 is 61.5. The summed E-state index contributed by atoms with van der Waals surface area (Å²) in [6.45, 7) is 3.82. The highest BCUT2D eigenvalue weighted by atomic mass is 32.2. The first kappa shape index (κ1) is 24.0. The minimum absolute atomic E-state index is 0.00918. The molecule has 0 unspecified atom stereocenters. The van der Waals surface area contributed by atoms with Gasteiger partial charge in [0.2, 0.25) is 15.9 Å². The largest absolute Gasteiger partial charge is 0.495 e. The Kier molecular flexibility index (Phi) is 7.11. The molecule has 0 atom stereocenters. The molecule has 1 saturated heterocycles. The van der Waals surface area contributed by atoms with Crippen molar-refractivity contribution in [3.63, 3.8) is 0 Å². The number of carbonyl (C=O) groups is 1. The van der Waals surface area contributed by atoms with Crippen molar-refractivity contribution < 1.29 is 26.4 Å². The SMILES string of the molecule is COc1ccc(S(=O)(=O)N2CCCCC2)cc1NS(=O)(=O)c1cc(NC(C)=O)ccc1C. The van der Waals surface area contributed by atoms with Crippen LogP contribution in [0.15, 0.2) is 46.2 Å². The lowest BCUT2D eigenvalue weighted by Crippen LogP contribution is -2.35. The van der Waals surface area contributed by atoms with E-state index in [9.17, 15) is 21.6 Å². The Bertz CT molecular complexity index is 1220. The maximum atomic E-state index is 13.2. The van der Waals surface area contributed by atoms with E-state index in [4.69, 9.17) is 4.74 Å². The zero-order valence-electron chi connectivity index (χ0n) is 18.2. The molecule has 0 aromatic heterocycles. The number of nitrogens with zero attached hydrogens (tertiary/aromatic N) is 1. The van der Waals surface area contributed by atoms with Gasteiger partial charge in [-0.05, 0) is 55.7 Å². The Balaban J connectivity index is 1.99. The Labute approximate surface area is 188 Å². The minimum Gasteiger partial charge on any atom is -0.495 e. The van der Waals surface area contributed by atoms with Gasteiger partial charge in [0.05, 0.1) is 22.6 Å². The Morgan fingerprint density at radius 2 is 1.69 bits per heavy atom. The molecule has 0 aliphatic carbocycles. The maximum absolute atomic E-state index is 13.2. The third-order valence-corrected chi connectivity index (χ3v) is 8.57. The molecule has 0 radical (unpaired) electrons. The third kappa shape index (κ3) is 5.22. The van der Waals surface area contributed by atoms with Crippen LogP contribution in [0.2, 0.25) is 0 Å². The second-order valence-corrected chi connectivity index (χ2v) is 11.2. The first-order valence-electron chi connectivity index (χ1n) is 10.1. The lowest BCUT2D eigenvalue weighted by molar-refractivity contribution is -0.114. The Morgan fingerprint density at radius 3 is 2.31 bits per heavy atom. The summed E-state index contributed by atoms with van der Waals surface area (Å²) in [6, 6.07) is 8.63. The van der Waals surface area contributed by atoms with Crippen molar-refractivity contribution in [1.82, 2.24) is 4.31 Å². The van der Waals surface area contributed by atoms with Crippen molar-refractivity contribution in [2.24, 2.45) is 0 Å². The molecular weight excluding hydrogens is 454 g/mol. The molecule has 174 valence electrons. The molecule has 0 saturated carbocycles. The van der Waals surface area contributed by atoms with Gasteiger partial charge in [0.1, 0.15) is 5.75 Å². The second-order valence-electron chi connectivity index (χ2n) is 7.59. The highest BCUT2D eigenvalue weighted by Gasteiger charge is 2.28. The van der Waals surface area contributed by atoms with Crippen LogP contribution in [-0.2, 0) is 24.8 Å². The van der Waals surface area contributed by atoms with Gasteiger partial charge in [0, 0.05) is 25.7 Å². The van der Waals surface area contributed by atoms with E-state index in [0.29, 0.717) is 24.3 Å². The number of benzene rings is 2. The topological polar surface area (TPSA) is 122 Å². The smallest absolute Gasteiger partial charge is 0.262 e. The fourth-order valence-electron chi connectivity index (χ4n) is 3.55. The molecule has 2 N–H and O–H groups in total. The van der Waals surface area contributed by atoms with Crippen LogP contribution >= 0.6 is 0 Å². The molecule has 1 heterocycles. The van der Waals surface area contributed by atoms with Gasteiger partial charge in [-0.15, -0.1) is 0 Å². The molecule has 0 bridgehead atoms. The molecule has 3 rings (SSSR count). The van der Waals surface area contributed by atoms with Crippen molar-refractivity contribution >= 4 is 37.3 Å². The van der Waals surface area contributed by atoms with Crippen LogP contribution in [0.4, 0.5) is 11.4 Å². The zero-order chi connectivity index (χ0) is 23.5. The molecule has 1 fully saturated rings. The summed E-state index contributed by atoms with van der Waals surface area (Å²) in [5.74, 6) is -0.149. The predicted molar refractivity (Wildman–Crippen MR) is 122 cm³/mol. The van der Waals surface area contributed by atoms with E-state index in [1.54, 1.807) is 19.1 Å². The summed E-state index contributed by atoms with van der Waals surface area (Å²) in [7, 11) is -6.50. The molecular formula is C21H27N3O6S2. The summed E-state index contributed by atoms with van der Waals surface area (Å²) in [5.41, 5.74) is 0.800.